The van der Waals surface area contributed by atoms with Crippen molar-refractivity contribution >= 4 is 21.6 Å². The summed E-state index contributed by atoms with van der Waals surface area (Å²) in [6.07, 6.45) is 3.52. The van der Waals surface area contributed by atoms with Crippen LogP contribution in [0.15, 0.2) is 53.0 Å². The van der Waals surface area contributed by atoms with E-state index in [-0.39, 0.29) is 0 Å². The van der Waals surface area contributed by atoms with Crippen LogP contribution in [0.4, 0.5) is 5.69 Å². The Bertz CT molecular complexity index is 528. The molecule has 0 radical (unpaired) electrons. The molecule has 0 saturated carbocycles. The van der Waals surface area contributed by atoms with Gasteiger partial charge in [0.1, 0.15) is 5.75 Å². The van der Waals surface area contributed by atoms with E-state index in [2.05, 4.69) is 57.6 Å². The zero-order valence-electron chi connectivity index (χ0n) is 11.7. The smallest absolute Gasteiger partial charge is 0.133 e. The van der Waals surface area contributed by atoms with Gasteiger partial charge in [-0.2, -0.15) is 0 Å². The number of halogens is 1. The van der Waals surface area contributed by atoms with Crippen molar-refractivity contribution in [2.24, 2.45) is 0 Å². The first-order chi connectivity index (χ1) is 9.79. The van der Waals surface area contributed by atoms with Gasteiger partial charge in [-0.05, 0) is 59.0 Å². The van der Waals surface area contributed by atoms with Crippen molar-refractivity contribution in [1.82, 2.24) is 0 Å². The standard InChI is InChI=1S/C17H20BrNO/c1-20-17-11-10-15(13-16(17)18)19-12-6-5-9-14-7-3-2-4-8-14/h2-4,7-8,10-11,13,19H,5-6,9,12H2,1H3. The number of hydrogen-bond acceptors (Lipinski definition) is 2. The SMILES string of the molecule is COc1ccc(NCCCCc2ccccc2)cc1Br. The van der Waals surface area contributed by atoms with Crippen molar-refractivity contribution in [3.63, 3.8) is 0 Å². The predicted molar refractivity (Wildman–Crippen MR) is 88.6 cm³/mol. The Morgan fingerprint density at radius 3 is 2.55 bits per heavy atom. The fourth-order valence-electron chi connectivity index (χ4n) is 2.11. The molecule has 2 aromatic rings. The maximum absolute atomic E-state index is 5.22. The molecule has 0 heterocycles. The van der Waals surface area contributed by atoms with Gasteiger partial charge < -0.3 is 10.1 Å². The Kier molecular flexibility index (Phi) is 5.93. The average Bonchev–Trinajstić information content (AvgIpc) is 2.48. The van der Waals surface area contributed by atoms with E-state index < -0.39 is 0 Å². The molecule has 0 aliphatic heterocycles. The summed E-state index contributed by atoms with van der Waals surface area (Å²) in [4.78, 5) is 0. The lowest BCUT2D eigenvalue weighted by Gasteiger charge is -2.09. The van der Waals surface area contributed by atoms with Crippen LogP contribution in [0.3, 0.4) is 0 Å². The molecule has 20 heavy (non-hydrogen) atoms. The van der Waals surface area contributed by atoms with E-state index in [0.717, 1.165) is 28.9 Å². The zero-order chi connectivity index (χ0) is 14.2. The molecule has 0 aliphatic carbocycles. The zero-order valence-corrected chi connectivity index (χ0v) is 13.3. The highest BCUT2D eigenvalue weighted by atomic mass is 79.9. The van der Waals surface area contributed by atoms with Gasteiger partial charge in [-0.3, -0.25) is 0 Å². The van der Waals surface area contributed by atoms with Crippen LogP contribution in [0, 0.1) is 0 Å². The highest BCUT2D eigenvalue weighted by Crippen LogP contribution is 2.27. The van der Waals surface area contributed by atoms with Crippen molar-refractivity contribution < 1.29 is 4.74 Å². The Hall–Kier alpha value is -1.48. The van der Waals surface area contributed by atoms with Gasteiger partial charge in [0, 0.05) is 12.2 Å². The number of unbranched alkanes of at least 4 members (excludes halogenated alkanes) is 1. The second-order valence-electron chi connectivity index (χ2n) is 4.72. The summed E-state index contributed by atoms with van der Waals surface area (Å²) in [5, 5.41) is 3.44. The van der Waals surface area contributed by atoms with Crippen LogP contribution in [0.5, 0.6) is 5.75 Å². The highest BCUT2D eigenvalue weighted by molar-refractivity contribution is 9.10. The molecular weight excluding hydrogens is 314 g/mol. The number of hydrogen-bond donors (Lipinski definition) is 1. The number of methoxy groups -OCH3 is 1. The van der Waals surface area contributed by atoms with E-state index in [9.17, 15) is 0 Å². The fourth-order valence-corrected chi connectivity index (χ4v) is 2.65. The molecule has 2 rings (SSSR count). The topological polar surface area (TPSA) is 21.3 Å². The van der Waals surface area contributed by atoms with Gasteiger partial charge >= 0.3 is 0 Å². The Morgan fingerprint density at radius 2 is 1.85 bits per heavy atom. The summed E-state index contributed by atoms with van der Waals surface area (Å²) < 4.78 is 6.20. The molecule has 0 fully saturated rings. The molecule has 2 nitrogen and oxygen atoms in total. The molecule has 3 heteroatoms. The minimum absolute atomic E-state index is 0.861. The van der Waals surface area contributed by atoms with Crippen LogP contribution in [0.1, 0.15) is 18.4 Å². The summed E-state index contributed by atoms with van der Waals surface area (Å²) in [5.74, 6) is 0.861. The number of rotatable bonds is 7. The molecule has 0 aromatic heterocycles. The Balaban J connectivity index is 1.69. The van der Waals surface area contributed by atoms with Crippen LogP contribution >= 0.6 is 15.9 Å². The fraction of sp³-hybridized carbons (Fsp3) is 0.294. The second kappa shape index (κ2) is 7.95. The maximum Gasteiger partial charge on any atom is 0.133 e. The summed E-state index contributed by atoms with van der Waals surface area (Å²) in [5.41, 5.74) is 2.54. The second-order valence-corrected chi connectivity index (χ2v) is 5.57. The number of ether oxygens (including phenoxy) is 1. The third-order valence-corrected chi connectivity index (χ3v) is 3.84. The monoisotopic (exact) mass is 333 g/mol. The predicted octanol–water partition coefficient (Wildman–Crippen LogP) is 4.89. The van der Waals surface area contributed by atoms with E-state index in [0.29, 0.717) is 0 Å². The van der Waals surface area contributed by atoms with Gasteiger partial charge in [-0.25, -0.2) is 0 Å². The molecule has 2 aromatic carbocycles. The first kappa shape index (κ1) is 14.9. The van der Waals surface area contributed by atoms with Crippen LogP contribution in [-0.2, 0) is 6.42 Å². The Morgan fingerprint density at radius 1 is 1.05 bits per heavy atom. The van der Waals surface area contributed by atoms with Crippen LogP contribution in [-0.4, -0.2) is 13.7 Å². The number of anilines is 1. The molecule has 0 saturated heterocycles. The minimum atomic E-state index is 0.861. The van der Waals surface area contributed by atoms with Gasteiger partial charge in [0.2, 0.25) is 0 Å². The first-order valence-corrected chi connectivity index (χ1v) is 7.70. The van der Waals surface area contributed by atoms with Gasteiger partial charge in [0.25, 0.3) is 0 Å². The summed E-state index contributed by atoms with van der Waals surface area (Å²) >= 11 is 3.50. The van der Waals surface area contributed by atoms with E-state index in [4.69, 9.17) is 4.74 Å². The molecule has 0 amide bonds. The minimum Gasteiger partial charge on any atom is -0.496 e. The third kappa shape index (κ3) is 4.57. The van der Waals surface area contributed by atoms with Gasteiger partial charge in [-0.1, -0.05) is 30.3 Å². The van der Waals surface area contributed by atoms with Crippen LogP contribution in [0.25, 0.3) is 0 Å². The van der Waals surface area contributed by atoms with E-state index >= 15 is 0 Å². The quantitative estimate of drug-likeness (QED) is 0.728. The Labute approximate surface area is 129 Å². The van der Waals surface area contributed by atoms with Gasteiger partial charge in [0.15, 0.2) is 0 Å². The first-order valence-electron chi connectivity index (χ1n) is 6.91. The molecular formula is C17H20BrNO. The molecule has 106 valence electrons. The van der Waals surface area contributed by atoms with E-state index in [1.807, 2.05) is 12.1 Å². The largest absolute Gasteiger partial charge is 0.496 e. The molecule has 0 unspecified atom stereocenters. The third-order valence-electron chi connectivity index (χ3n) is 3.22. The maximum atomic E-state index is 5.22. The highest BCUT2D eigenvalue weighted by Gasteiger charge is 2.00. The van der Waals surface area contributed by atoms with Crippen molar-refractivity contribution in [2.75, 3.05) is 19.0 Å². The average molecular weight is 334 g/mol. The summed E-state index contributed by atoms with van der Waals surface area (Å²) in [7, 11) is 1.68. The molecule has 1 N–H and O–H groups in total. The van der Waals surface area contributed by atoms with Gasteiger partial charge in [-0.15, -0.1) is 0 Å². The number of benzene rings is 2. The number of aryl methyl sites for hydroxylation is 1. The van der Waals surface area contributed by atoms with Crippen LogP contribution in [0.2, 0.25) is 0 Å². The normalized spacial score (nSPS) is 10.3. The van der Waals surface area contributed by atoms with Crippen molar-refractivity contribution in [3.8, 4) is 5.75 Å². The van der Waals surface area contributed by atoms with Crippen molar-refractivity contribution in [2.45, 2.75) is 19.3 Å². The molecule has 0 atom stereocenters. The summed E-state index contributed by atoms with van der Waals surface area (Å²) in [6, 6.07) is 16.7. The molecule has 0 spiro atoms. The molecule has 0 aliphatic rings. The lowest BCUT2D eigenvalue weighted by atomic mass is 10.1. The van der Waals surface area contributed by atoms with Crippen molar-refractivity contribution in [3.05, 3.63) is 58.6 Å². The lowest BCUT2D eigenvalue weighted by Crippen LogP contribution is -2.02. The van der Waals surface area contributed by atoms with Gasteiger partial charge in [0.05, 0.1) is 11.6 Å². The van der Waals surface area contributed by atoms with Crippen molar-refractivity contribution in [1.29, 1.82) is 0 Å². The summed E-state index contributed by atoms with van der Waals surface area (Å²) in [6.45, 7) is 0.992. The van der Waals surface area contributed by atoms with E-state index in [1.54, 1.807) is 7.11 Å². The van der Waals surface area contributed by atoms with E-state index in [1.165, 1.54) is 18.4 Å². The lowest BCUT2D eigenvalue weighted by molar-refractivity contribution is 0.412. The van der Waals surface area contributed by atoms with Crippen LogP contribution < -0.4 is 10.1 Å². The number of nitrogens with one attached hydrogen (secondary N) is 1. The molecule has 0 bridgehead atoms.